The topological polar surface area (TPSA) is 38.0 Å². The highest BCUT2D eigenvalue weighted by molar-refractivity contribution is 5.85. The molecule has 1 aromatic rings. The van der Waals surface area contributed by atoms with Gasteiger partial charge in [0.15, 0.2) is 0 Å². The molecule has 1 rings (SSSR count). The summed E-state index contributed by atoms with van der Waals surface area (Å²) >= 11 is 0. The molecule has 3 N–H and O–H groups in total. The van der Waals surface area contributed by atoms with Crippen molar-refractivity contribution in [3.8, 4) is 0 Å². The highest BCUT2D eigenvalue weighted by atomic mass is 35.5. The van der Waals surface area contributed by atoms with Gasteiger partial charge in [0.2, 0.25) is 0 Å². The number of alkyl halides is 3. The van der Waals surface area contributed by atoms with Crippen LogP contribution in [0.15, 0.2) is 18.2 Å². The minimum atomic E-state index is -4.53. The molecule has 0 aliphatic rings. The smallest absolute Gasteiger partial charge is 0.321 e. The second-order valence-corrected chi connectivity index (χ2v) is 2.34. The summed E-state index contributed by atoms with van der Waals surface area (Å²) in [5.41, 5.74) is 0.720. The van der Waals surface area contributed by atoms with Crippen molar-refractivity contribution in [1.29, 1.82) is 0 Å². The van der Waals surface area contributed by atoms with Crippen LogP contribution in [0.3, 0.4) is 0 Å². The second-order valence-electron chi connectivity index (χ2n) is 2.34. The fourth-order valence-corrected chi connectivity index (χ4v) is 0.808. The number of nitrogen functional groups attached to an aromatic ring is 1. The SMILES string of the molecule is Cl.NNc1ccc(C(F)(F)F)cc1F. The van der Waals surface area contributed by atoms with Gasteiger partial charge in [-0.15, -0.1) is 12.4 Å². The fourth-order valence-electron chi connectivity index (χ4n) is 0.808. The number of nitrogens with one attached hydrogen (secondary N) is 1. The summed E-state index contributed by atoms with van der Waals surface area (Å²) in [5, 5.41) is 0. The molecule has 0 amide bonds. The number of hydrazine groups is 1. The number of nitrogens with two attached hydrogens (primary N) is 1. The Kier molecular flexibility index (Phi) is 4.15. The molecular formula is C7H7ClF4N2. The van der Waals surface area contributed by atoms with E-state index in [4.69, 9.17) is 5.84 Å². The Bertz CT molecular complexity index is 313. The van der Waals surface area contributed by atoms with Crippen LogP contribution in [0.2, 0.25) is 0 Å². The molecule has 0 saturated carbocycles. The van der Waals surface area contributed by atoms with Crippen LogP contribution in [-0.4, -0.2) is 0 Å². The average Bonchev–Trinajstić information content (AvgIpc) is 2.02. The normalized spacial score (nSPS) is 10.6. The van der Waals surface area contributed by atoms with Crippen LogP contribution < -0.4 is 11.3 Å². The van der Waals surface area contributed by atoms with Crippen LogP contribution >= 0.6 is 12.4 Å². The first-order valence-electron chi connectivity index (χ1n) is 3.28. The van der Waals surface area contributed by atoms with Gasteiger partial charge in [-0.25, -0.2) is 4.39 Å². The molecule has 0 spiro atoms. The molecule has 0 aromatic heterocycles. The lowest BCUT2D eigenvalue weighted by Crippen LogP contribution is -2.10. The zero-order valence-corrected chi connectivity index (χ0v) is 7.55. The summed E-state index contributed by atoms with van der Waals surface area (Å²) < 4.78 is 48.7. The van der Waals surface area contributed by atoms with E-state index >= 15 is 0 Å². The van der Waals surface area contributed by atoms with Crippen molar-refractivity contribution in [2.24, 2.45) is 5.84 Å². The lowest BCUT2D eigenvalue weighted by Gasteiger charge is -2.08. The van der Waals surface area contributed by atoms with E-state index in [1.165, 1.54) is 0 Å². The van der Waals surface area contributed by atoms with E-state index in [0.29, 0.717) is 6.07 Å². The molecule has 0 aliphatic carbocycles. The van der Waals surface area contributed by atoms with Crippen LogP contribution in [0.25, 0.3) is 0 Å². The minimum Gasteiger partial charge on any atom is -0.321 e. The van der Waals surface area contributed by atoms with Gasteiger partial charge in [-0.2, -0.15) is 13.2 Å². The van der Waals surface area contributed by atoms with Crippen LogP contribution in [0.4, 0.5) is 23.2 Å². The zero-order valence-electron chi connectivity index (χ0n) is 6.73. The first-order chi connectivity index (χ1) is 5.95. The van der Waals surface area contributed by atoms with Crippen molar-refractivity contribution in [3.63, 3.8) is 0 Å². The molecule has 0 aliphatic heterocycles. The Morgan fingerprint density at radius 1 is 1.21 bits per heavy atom. The Morgan fingerprint density at radius 2 is 1.79 bits per heavy atom. The van der Waals surface area contributed by atoms with Gasteiger partial charge in [0.25, 0.3) is 0 Å². The first kappa shape index (κ1) is 13.0. The van der Waals surface area contributed by atoms with Gasteiger partial charge in [0.05, 0.1) is 11.3 Å². The fraction of sp³-hybridized carbons (Fsp3) is 0.143. The highest BCUT2D eigenvalue weighted by Crippen LogP contribution is 2.30. The summed E-state index contributed by atoms with van der Waals surface area (Å²) in [5.74, 6) is 3.81. The number of anilines is 1. The number of halogens is 5. The third kappa shape index (κ3) is 2.74. The second kappa shape index (κ2) is 4.47. The van der Waals surface area contributed by atoms with Crippen molar-refractivity contribution < 1.29 is 17.6 Å². The Balaban J connectivity index is 0.00000169. The summed E-state index contributed by atoms with van der Waals surface area (Å²) in [6.07, 6.45) is -4.53. The van der Waals surface area contributed by atoms with Gasteiger partial charge < -0.3 is 5.43 Å². The summed E-state index contributed by atoms with van der Waals surface area (Å²) in [6.45, 7) is 0. The number of hydrogen-bond acceptors (Lipinski definition) is 2. The van der Waals surface area contributed by atoms with Gasteiger partial charge in [0.1, 0.15) is 5.82 Å². The molecular weight excluding hydrogens is 224 g/mol. The maximum Gasteiger partial charge on any atom is 0.416 e. The minimum absolute atomic E-state index is 0. The van der Waals surface area contributed by atoms with E-state index < -0.39 is 17.6 Å². The predicted molar refractivity (Wildman–Crippen MR) is 46.5 cm³/mol. The van der Waals surface area contributed by atoms with Gasteiger partial charge in [-0.3, -0.25) is 5.84 Å². The molecule has 0 heterocycles. The first-order valence-corrected chi connectivity index (χ1v) is 3.28. The number of rotatable bonds is 1. The maximum atomic E-state index is 12.7. The largest absolute Gasteiger partial charge is 0.416 e. The Morgan fingerprint density at radius 3 is 2.14 bits per heavy atom. The van der Waals surface area contributed by atoms with E-state index in [0.717, 1.165) is 12.1 Å². The average molecular weight is 231 g/mol. The summed E-state index contributed by atoms with van der Waals surface area (Å²) in [6, 6.07) is 2.06. The van der Waals surface area contributed by atoms with E-state index in [1.54, 1.807) is 0 Å². The standard InChI is InChI=1S/C7H6F4N2.ClH/c8-5-3-4(7(9,10)11)1-2-6(5)13-12;/h1-3,13H,12H2;1H. The van der Waals surface area contributed by atoms with E-state index in [-0.39, 0.29) is 18.1 Å². The monoisotopic (exact) mass is 230 g/mol. The molecule has 0 radical (unpaired) electrons. The van der Waals surface area contributed by atoms with E-state index in [9.17, 15) is 17.6 Å². The highest BCUT2D eigenvalue weighted by Gasteiger charge is 2.31. The number of hydrogen-bond donors (Lipinski definition) is 2. The molecule has 14 heavy (non-hydrogen) atoms. The lowest BCUT2D eigenvalue weighted by molar-refractivity contribution is -0.137. The molecule has 0 saturated heterocycles. The molecule has 0 unspecified atom stereocenters. The van der Waals surface area contributed by atoms with Crippen molar-refractivity contribution in [3.05, 3.63) is 29.6 Å². The molecule has 1 aromatic carbocycles. The molecule has 0 fully saturated rings. The zero-order chi connectivity index (χ0) is 10.1. The summed E-state index contributed by atoms with van der Waals surface area (Å²) in [4.78, 5) is 0. The molecule has 2 nitrogen and oxygen atoms in total. The van der Waals surface area contributed by atoms with Crippen molar-refractivity contribution in [2.75, 3.05) is 5.43 Å². The van der Waals surface area contributed by atoms with Gasteiger partial charge in [0, 0.05) is 0 Å². The molecule has 0 atom stereocenters. The molecule has 80 valence electrons. The van der Waals surface area contributed by atoms with Gasteiger partial charge in [-0.1, -0.05) is 0 Å². The van der Waals surface area contributed by atoms with Crippen molar-refractivity contribution in [1.82, 2.24) is 0 Å². The third-order valence-corrected chi connectivity index (χ3v) is 1.45. The maximum absolute atomic E-state index is 12.7. The Labute approximate surface area is 83.5 Å². The van der Waals surface area contributed by atoms with E-state index in [2.05, 4.69) is 0 Å². The van der Waals surface area contributed by atoms with Crippen LogP contribution in [0.5, 0.6) is 0 Å². The van der Waals surface area contributed by atoms with Crippen molar-refractivity contribution in [2.45, 2.75) is 6.18 Å². The van der Waals surface area contributed by atoms with Crippen LogP contribution in [0.1, 0.15) is 5.56 Å². The van der Waals surface area contributed by atoms with E-state index in [1.807, 2.05) is 5.43 Å². The van der Waals surface area contributed by atoms with Gasteiger partial charge in [-0.05, 0) is 18.2 Å². The molecule has 7 heteroatoms. The Hall–Kier alpha value is -1.01. The quantitative estimate of drug-likeness (QED) is 0.442. The number of benzene rings is 1. The van der Waals surface area contributed by atoms with Crippen molar-refractivity contribution >= 4 is 18.1 Å². The lowest BCUT2D eigenvalue weighted by atomic mass is 10.2. The summed E-state index contributed by atoms with van der Waals surface area (Å²) in [7, 11) is 0. The molecule has 0 bridgehead atoms. The van der Waals surface area contributed by atoms with Crippen LogP contribution in [-0.2, 0) is 6.18 Å². The third-order valence-electron chi connectivity index (χ3n) is 1.45. The van der Waals surface area contributed by atoms with Crippen LogP contribution in [0, 0.1) is 5.82 Å². The van der Waals surface area contributed by atoms with Gasteiger partial charge >= 0.3 is 6.18 Å². The predicted octanol–water partition coefficient (Wildman–Crippen LogP) is 2.55.